The summed E-state index contributed by atoms with van der Waals surface area (Å²) in [5, 5.41) is 0. The van der Waals surface area contributed by atoms with Crippen molar-refractivity contribution in [3.63, 3.8) is 0 Å². The monoisotopic (exact) mass is 196 g/mol. The number of aryl methyl sites for hydroxylation is 2. The van der Waals surface area contributed by atoms with Gasteiger partial charge in [-0.05, 0) is 13.3 Å². The van der Waals surface area contributed by atoms with E-state index in [1.165, 1.54) is 6.42 Å². The minimum Gasteiger partial charge on any atom is -0.311 e. The summed E-state index contributed by atoms with van der Waals surface area (Å²) in [6.45, 7) is 8.11. The Labute approximate surface area is 85.6 Å². The summed E-state index contributed by atoms with van der Waals surface area (Å²) >= 11 is 0. The van der Waals surface area contributed by atoms with E-state index in [-0.39, 0.29) is 5.56 Å². The van der Waals surface area contributed by atoms with Crippen LogP contribution in [0.3, 0.4) is 0 Å². The van der Waals surface area contributed by atoms with Gasteiger partial charge in [0.2, 0.25) is 0 Å². The second-order valence-corrected chi connectivity index (χ2v) is 3.28. The van der Waals surface area contributed by atoms with Crippen molar-refractivity contribution < 1.29 is 0 Å². The quantitative estimate of drug-likeness (QED) is 0.789. The molecular formula is C11H20N2O. The molecule has 80 valence electrons. The molecule has 0 atom stereocenters. The van der Waals surface area contributed by atoms with Crippen molar-refractivity contribution in [2.45, 2.75) is 47.0 Å². The highest BCUT2D eigenvalue weighted by Crippen LogP contribution is 1.94. The van der Waals surface area contributed by atoms with Crippen molar-refractivity contribution in [1.29, 1.82) is 0 Å². The Morgan fingerprint density at radius 1 is 1.36 bits per heavy atom. The molecule has 0 bridgehead atoms. The number of H-pyrrole nitrogens is 1. The highest BCUT2D eigenvalue weighted by Gasteiger charge is 1.95. The molecule has 0 amide bonds. The first-order valence-electron chi connectivity index (χ1n) is 5.20. The number of rotatable bonds is 2. The van der Waals surface area contributed by atoms with Gasteiger partial charge in [0.15, 0.2) is 0 Å². The molecule has 3 nitrogen and oxygen atoms in total. The molecule has 1 aromatic heterocycles. The normalized spacial score (nSPS) is 9.14. The second-order valence-electron chi connectivity index (χ2n) is 3.28. The lowest BCUT2D eigenvalue weighted by atomic mass is 10.2. The fourth-order valence-electron chi connectivity index (χ4n) is 1.03. The molecule has 3 heteroatoms. The van der Waals surface area contributed by atoms with Gasteiger partial charge < -0.3 is 4.98 Å². The zero-order valence-electron chi connectivity index (χ0n) is 9.55. The third kappa shape index (κ3) is 5.51. The molecule has 0 aliphatic heterocycles. The van der Waals surface area contributed by atoms with Crippen LogP contribution in [0.4, 0.5) is 0 Å². The Morgan fingerprint density at radius 3 is 2.36 bits per heavy atom. The van der Waals surface area contributed by atoms with E-state index in [0.29, 0.717) is 5.82 Å². The SMILES string of the molecule is CCC.CCCc1cc(=O)[nH]c(C)n1. The van der Waals surface area contributed by atoms with Crippen LogP contribution in [0.5, 0.6) is 0 Å². The van der Waals surface area contributed by atoms with Crippen LogP contribution in [0, 0.1) is 6.92 Å². The predicted octanol–water partition coefficient (Wildman–Crippen LogP) is 2.45. The van der Waals surface area contributed by atoms with Crippen molar-refractivity contribution in [3.8, 4) is 0 Å². The third-order valence-corrected chi connectivity index (χ3v) is 1.42. The Kier molecular flexibility index (Phi) is 6.72. The molecule has 0 unspecified atom stereocenters. The summed E-state index contributed by atoms with van der Waals surface area (Å²) in [6.07, 6.45) is 3.15. The smallest absolute Gasteiger partial charge is 0.251 e. The first-order chi connectivity index (χ1) is 6.63. The predicted molar refractivity (Wildman–Crippen MR) is 59.6 cm³/mol. The molecule has 1 rings (SSSR count). The second kappa shape index (κ2) is 7.30. The van der Waals surface area contributed by atoms with Gasteiger partial charge in [0.05, 0.1) is 0 Å². The van der Waals surface area contributed by atoms with Gasteiger partial charge in [-0.3, -0.25) is 4.79 Å². The highest BCUT2D eigenvalue weighted by atomic mass is 16.1. The molecule has 0 aliphatic carbocycles. The molecule has 0 fully saturated rings. The first-order valence-corrected chi connectivity index (χ1v) is 5.20. The van der Waals surface area contributed by atoms with Gasteiger partial charge in [0.25, 0.3) is 5.56 Å². The summed E-state index contributed by atoms with van der Waals surface area (Å²) in [7, 11) is 0. The summed E-state index contributed by atoms with van der Waals surface area (Å²) < 4.78 is 0. The van der Waals surface area contributed by atoms with E-state index in [0.717, 1.165) is 18.5 Å². The minimum absolute atomic E-state index is 0.0547. The Balaban J connectivity index is 0.000000500. The minimum atomic E-state index is -0.0547. The summed E-state index contributed by atoms with van der Waals surface area (Å²) in [5.74, 6) is 0.695. The van der Waals surface area contributed by atoms with Crippen molar-refractivity contribution in [1.82, 2.24) is 9.97 Å². The number of nitrogens with one attached hydrogen (secondary N) is 1. The van der Waals surface area contributed by atoms with Gasteiger partial charge in [0, 0.05) is 11.8 Å². The Bertz CT molecular complexity index is 304. The van der Waals surface area contributed by atoms with Crippen molar-refractivity contribution in [3.05, 3.63) is 27.9 Å². The van der Waals surface area contributed by atoms with Gasteiger partial charge in [-0.1, -0.05) is 33.6 Å². The van der Waals surface area contributed by atoms with Crippen LogP contribution in [-0.2, 0) is 6.42 Å². The van der Waals surface area contributed by atoms with Crippen molar-refractivity contribution >= 4 is 0 Å². The molecule has 1 aromatic rings. The molecule has 0 spiro atoms. The van der Waals surface area contributed by atoms with Crippen LogP contribution in [0.1, 0.15) is 45.1 Å². The van der Waals surface area contributed by atoms with E-state index in [2.05, 4.69) is 30.7 Å². The fourth-order valence-corrected chi connectivity index (χ4v) is 1.03. The average Bonchev–Trinajstić information content (AvgIpc) is 2.03. The molecule has 0 saturated heterocycles. The number of hydrogen-bond acceptors (Lipinski definition) is 2. The highest BCUT2D eigenvalue weighted by molar-refractivity contribution is 5.01. The van der Waals surface area contributed by atoms with E-state index >= 15 is 0 Å². The van der Waals surface area contributed by atoms with Crippen LogP contribution in [-0.4, -0.2) is 9.97 Å². The lowest BCUT2D eigenvalue weighted by Crippen LogP contribution is -2.10. The zero-order valence-corrected chi connectivity index (χ0v) is 9.55. The number of aromatic nitrogens is 2. The van der Waals surface area contributed by atoms with E-state index in [1.54, 1.807) is 13.0 Å². The molecule has 0 saturated carbocycles. The summed E-state index contributed by atoms with van der Waals surface area (Å²) in [4.78, 5) is 17.7. The van der Waals surface area contributed by atoms with Crippen LogP contribution >= 0.6 is 0 Å². The van der Waals surface area contributed by atoms with Crippen LogP contribution < -0.4 is 5.56 Å². The first kappa shape index (κ1) is 12.9. The lowest BCUT2D eigenvalue weighted by molar-refractivity contribution is 0.848. The molecular weight excluding hydrogens is 176 g/mol. The van der Waals surface area contributed by atoms with Gasteiger partial charge in [0.1, 0.15) is 5.82 Å². The van der Waals surface area contributed by atoms with Crippen LogP contribution in [0.2, 0.25) is 0 Å². The van der Waals surface area contributed by atoms with Crippen LogP contribution in [0.25, 0.3) is 0 Å². The van der Waals surface area contributed by atoms with Gasteiger partial charge >= 0.3 is 0 Å². The van der Waals surface area contributed by atoms with Gasteiger partial charge in [-0.15, -0.1) is 0 Å². The maximum Gasteiger partial charge on any atom is 0.251 e. The molecule has 1 heterocycles. The maximum absolute atomic E-state index is 10.9. The molecule has 0 aliphatic rings. The topological polar surface area (TPSA) is 45.8 Å². The molecule has 0 radical (unpaired) electrons. The molecule has 14 heavy (non-hydrogen) atoms. The summed E-state index contributed by atoms with van der Waals surface area (Å²) in [5.41, 5.74) is 0.828. The average molecular weight is 196 g/mol. The number of nitrogens with zero attached hydrogens (tertiary/aromatic N) is 1. The maximum atomic E-state index is 10.9. The van der Waals surface area contributed by atoms with Gasteiger partial charge in [-0.2, -0.15) is 0 Å². The van der Waals surface area contributed by atoms with Gasteiger partial charge in [-0.25, -0.2) is 4.98 Å². The van der Waals surface area contributed by atoms with E-state index in [9.17, 15) is 4.79 Å². The number of hydrogen-bond donors (Lipinski definition) is 1. The third-order valence-electron chi connectivity index (χ3n) is 1.42. The zero-order chi connectivity index (χ0) is 11.0. The largest absolute Gasteiger partial charge is 0.311 e. The van der Waals surface area contributed by atoms with E-state index in [1.807, 2.05) is 0 Å². The van der Waals surface area contributed by atoms with Crippen molar-refractivity contribution in [2.75, 3.05) is 0 Å². The van der Waals surface area contributed by atoms with E-state index < -0.39 is 0 Å². The Hall–Kier alpha value is -1.12. The Morgan fingerprint density at radius 2 is 1.93 bits per heavy atom. The lowest BCUT2D eigenvalue weighted by Gasteiger charge is -1.97. The molecule has 1 N–H and O–H groups in total. The standard InChI is InChI=1S/C8H12N2O.C3H8/c1-3-4-7-5-8(11)10-6(2)9-7;1-3-2/h5H,3-4H2,1-2H3,(H,9,10,11);3H2,1-2H3. The van der Waals surface area contributed by atoms with Crippen molar-refractivity contribution in [2.24, 2.45) is 0 Å². The van der Waals surface area contributed by atoms with Crippen LogP contribution in [0.15, 0.2) is 10.9 Å². The van der Waals surface area contributed by atoms with E-state index in [4.69, 9.17) is 0 Å². The number of aromatic amines is 1. The fraction of sp³-hybridized carbons (Fsp3) is 0.636. The summed E-state index contributed by atoms with van der Waals surface area (Å²) in [6, 6.07) is 1.55. The molecule has 0 aromatic carbocycles.